The van der Waals surface area contributed by atoms with Crippen LogP contribution in [0.5, 0.6) is 0 Å². The fraction of sp³-hybridized carbons (Fsp3) is 0.455. The molecule has 5 nitrogen and oxygen atoms in total. The summed E-state index contributed by atoms with van der Waals surface area (Å²) in [7, 11) is 0. The fourth-order valence-corrected chi connectivity index (χ4v) is 1.29. The number of aromatic nitrogens is 1. The van der Waals surface area contributed by atoms with Crippen molar-refractivity contribution >= 4 is 5.84 Å². The predicted molar refractivity (Wildman–Crippen MR) is 63.3 cm³/mol. The first kappa shape index (κ1) is 12.4. The van der Waals surface area contributed by atoms with Crippen LogP contribution in [-0.2, 0) is 6.54 Å². The number of nitrogens with two attached hydrogens (primary N) is 1. The molecular formula is C11H18N4O. The number of nitrogens with one attached hydrogen (secondary N) is 1. The van der Waals surface area contributed by atoms with Gasteiger partial charge < -0.3 is 16.3 Å². The Morgan fingerprint density at radius 2 is 2.44 bits per heavy atom. The minimum absolute atomic E-state index is 0.0431. The molecule has 0 saturated carbocycles. The topological polar surface area (TPSA) is 83.5 Å². The van der Waals surface area contributed by atoms with E-state index in [0.29, 0.717) is 18.3 Å². The highest BCUT2D eigenvalue weighted by Gasteiger charge is 2.08. The van der Waals surface area contributed by atoms with Crippen LogP contribution in [0.3, 0.4) is 0 Å². The van der Waals surface area contributed by atoms with Gasteiger partial charge in [-0.05, 0) is 25.0 Å². The first-order valence-corrected chi connectivity index (χ1v) is 5.34. The van der Waals surface area contributed by atoms with Gasteiger partial charge in [0.1, 0.15) is 5.69 Å². The van der Waals surface area contributed by atoms with Crippen LogP contribution in [0.15, 0.2) is 23.5 Å². The Labute approximate surface area is 95.4 Å². The molecular weight excluding hydrogens is 204 g/mol. The predicted octanol–water partition coefficient (Wildman–Crippen LogP) is 1.06. The molecule has 0 aliphatic heterocycles. The quantitative estimate of drug-likeness (QED) is 0.301. The highest BCUT2D eigenvalue weighted by atomic mass is 16.4. The molecule has 5 heteroatoms. The van der Waals surface area contributed by atoms with E-state index in [0.717, 1.165) is 12.0 Å². The van der Waals surface area contributed by atoms with Gasteiger partial charge in [-0.15, -0.1) is 0 Å². The number of oxime groups is 1. The number of hydrogen-bond acceptors (Lipinski definition) is 4. The molecule has 4 N–H and O–H groups in total. The molecule has 0 radical (unpaired) electrons. The minimum atomic E-state index is 0.0431. The van der Waals surface area contributed by atoms with Gasteiger partial charge in [0.25, 0.3) is 0 Å². The molecule has 0 aromatic carbocycles. The molecule has 1 rings (SSSR count). The van der Waals surface area contributed by atoms with Crippen molar-refractivity contribution in [3.05, 3.63) is 29.6 Å². The van der Waals surface area contributed by atoms with Crippen molar-refractivity contribution in [2.24, 2.45) is 10.9 Å². The maximum atomic E-state index is 8.64. The van der Waals surface area contributed by atoms with Crippen molar-refractivity contribution in [3.8, 4) is 0 Å². The smallest absolute Gasteiger partial charge is 0.189 e. The van der Waals surface area contributed by atoms with Crippen LogP contribution in [0.1, 0.15) is 31.5 Å². The van der Waals surface area contributed by atoms with Gasteiger partial charge in [0.05, 0.1) is 0 Å². The lowest BCUT2D eigenvalue weighted by atomic mass is 10.1. The summed E-state index contributed by atoms with van der Waals surface area (Å²) in [4.78, 5) is 4.10. The number of nitrogens with zero attached hydrogens (tertiary/aromatic N) is 2. The zero-order chi connectivity index (χ0) is 12.0. The summed E-state index contributed by atoms with van der Waals surface area (Å²) in [6, 6.07) is 4.18. The first-order chi connectivity index (χ1) is 7.69. The maximum absolute atomic E-state index is 8.64. The van der Waals surface area contributed by atoms with Crippen LogP contribution in [0.25, 0.3) is 0 Å². The molecule has 88 valence electrons. The molecule has 1 unspecified atom stereocenters. The van der Waals surface area contributed by atoms with Gasteiger partial charge in [0.15, 0.2) is 5.84 Å². The van der Waals surface area contributed by atoms with Gasteiger partial charge in [0, 0.05) is 18.8 Å². The van der Waals surface area contributed by atoms with E-state index < -0.39 is 0 Å². The molecule has 0 amide bonds. The van der Waals surface area contributed by atoms with E-state index in [1.54, 1.807) is 6.20 Å². The monoisotopic (exact) mass is 222 g/mol. The Kier molecular flexibility index (Phi) is 4.72. The molecule has 0 saturated heterocycles. The normalized spacial score (nSPS) is 13.8. The molecule has 1 heterocycles. The molecule has 0 aliphatic rings. The molecule has 0 aliphatic carbocycles. The second kappa shape index (κ2) is 6.07. The van der Waals surface area contributed by atoms with Crippen molar-refractivity contribution in [1.82, 2.24) is 10.3 Å². The fourth-order valence-electron chi connectivity index (χ4n) is 1.29. The maximum Gasteiger partial charge on any atom is 0.189 e. The number of rotatable bonds is 5. The SMILES string of the molecule is CCC(C)NCc1cccnc1C(N)=NO. The largest absolute Gasteiger partial charge is 0.409 e. The van der Waals surface area contributed by atoms with Crippen LogP contribution < -0.4 is 11.1 Å². The summed E-state index contributed by atoms with van der Waals surface area (Å²) >= 11 is 0. The van der Waals surface area contributed by atoms with Gasteiger partial charge in [-0.3, -0.25) is 4.98 Å². The van der Waals surface area contributed by atoms with Crippen LogP contribution >= 0.6 is 0 Å². The van der Waals surface area contributed by atoms with Crippen molar-refractivity contribution < 1.29 is 5.21 Å². The Bertz CT molecular complexity index is 365. The van der Waals surface area contributed by atoms with Crippen LogP contribution in [0.2, 0.25) is 0 Å². The third-order valence-corrected chi connectivity index (χ3v) is 2.49. The van der Waals surface area contributed by atoms with E-state index >= 15 is 0 Å². The third kappa shape index (κ3) is 3.20. The summed E-state index contributed by atoms with van der Waals surface area (Å²) in [6.45, 7) is 4.89. The van der Waals surface area contributed by atoms with Crippen molar-refractivity contribution in [2.45, 2.75) is 32.9 Å². The van der Waals surface area contributed by atoms with Crippen molar-refractivity contribution in [2.75, 3.05) is 0 Å². The molecule has 0 spiro atoms. The summed E-state index contributed by atoms with van der Waals surface area (Å²) in [5.74, 6) is 0.0431. The summed E-state index contributed by atoms with van der Waals surface area (Å²) < 4.78 is 0. The molecule has 1 aromatic heterocycles. The van der Waals surface area contributed by atoms with Gasteiger partial charge in [-0.1, -0.05) is 18.1 Å². The zero-order valence-corrected chi connectivity index (χ0v) is 9.64. The Hall–Kier alpha value is -1.62. The highest BCUT2D eigenvalue weighted by molar-refractivity contribution is 5.96. The third-order valence-electron chi connectivity index (χ3n) is 2.49. The first-order valence-electron chi connectivity index (χ1n) is 5.34. The lowest BCUT2D eigenvalue weighted by molar-refractivity contribution is 0.318. The zero-order valence-electron chi connectivity index (χ0n) is 9.64. The second-order valence-corrected chi connectivity index (χ2v) is 3.69. The van der Waals surface area contributed by atoms with Crippen molar-refractivity contribution in [3.63, 3.8) is 0 Å². The van der Waals surface area contributed by atoms with Crippen LogP contribution in [0, 0.1) is 0 Å². The standard InChI is InChI=1S/C11H18N4O/c1-3-8(2)14-7-9-5-4-6-13-10(9)11(12)15-16/h4-6,8,14,16H,3,7H2,1-2H3,(H2,12,15). The average molecular weight is 222 g/mol. The molecule has 16 heavy (non-hydrogen) atoms. The Balaban J connectivity index is 2.79. The van der Waals surface area contributed by atoms with E-state index in [1.165, 1.54) is 0 Å². The Morgan fingerprint density at radius 1 is 1.69 bits per heavy atom. The van der Waals surface area contributed by atoms with Crippen molar-refractivity contribution in [1.29, 1.82) is 0 Å². The van der Waals surface area contributed by atoms with Crippen LogP contribution in [0.4, 0.5) is 0 Å². The van der Waals surface area contributed by atoms with Gasteiger partial charge in [-0.25, -0.2) is 0 Å². The minimum Gasteiger partial charge on any atom is -0.409 e. The molecule has 0 fully saturated rings. The van der Waals surface area contributed by atoms with E-state index in [4.69, 9.17) is 10.9 Å². The molecule has 1 atom stereocenters. The lowest BCUT2D eigenvalue weighted by Crippen LogP contribution is -2.27. The number of pyridine rings is 1. The summed E-state index contributed by atoms with van der Waals surface area (Å²) in [5, 5.41) is 14.9. The van der Waals surface area contributed by atoms with Crippen LogP contribution in [-0.4, -0.2) is 22.1 Å². The van der Waals surface area contributed by atoms with Gasteiger partial charge in [-0.2, -0.15) is 0 Å². The van der Waals surface area contributed by atoms with E-state index in [1.807, 2.05) is 12.1 Å². The van der Waals surface area contributed by atoms with E-state index in [2.05, 4.69) is 29.3 Å². The molecule has 1 aromatic rings. The summed E-state index contributed by atoms with van der Waals surface area (Å²) in [5.41, 5.74) is 7.00. The Morgan fingerprint density at radius 3 is 3.06 bits per heavy atom. The van der Waals surface area contributed by atoms with Gasteiger partial charge >= 0.3 is 0 Å². The summed E-state index contributed by atoms with van der Waals surface area (Å²) in [6.07, 6.45) is 2.68. The van der Waals surface area contributed by atoms with Gasteiger partial charge in [0.2, 0.25) is 0 Å². The average Bonchev–Trinajstić information content (AvgIpc) is 2.35. The number of hydrogen-bond donors (Lipinski definition) is 3. The number of amidine groups is 1. The second-order valence-electron chi connectivity index (χ2n) is 3.69. The van der Waals surface area contributed by atoms with E-state index in [9.17, 15) is 0 Å². The van der Waals surface area contributed by atoms with E-state index in [-0.39, 0.29) is 5.84 Å². The lowest BCUT2D eigenvalue weighted by Gasteiger charge is -2.12. The highest BCUT2D eigenvalue weighted by Crippen LogP contribution is 2.05. The molecule has 0 bridgehead atoms.